The minimum absolute atomic E-state index is 0.0988. The van der Waals surface area contributed by atoms with Gasteiger partial charge < -0.3 is 19.0 Å². The summed E-state index contributed by atoms with van der Waals surface area (Å²) in [4.78, 5) is 31.9. The van der Waals surface area contributed by atoms with E-state index >= 15 is 4.39 Å². The van der Waals surface area contributed by atoms with Gasteiger partial charge in [0.1, 0.15) is 11.3 Å². The van der Waals surface area contributed by atoms with Crippen LogP contribution in [0, 0.1) is 5.82 Å². The molecule has 192 valence electrons. The van der Waals surface area contributed by atoms with Crippen molar-refractivity contribution in [3.05, 3.63) is 63.4 Å². The third kappa shape index (κ3) is 5.49. The Morgan fingerprint density at radius 1 is 1.19 bits per heavy atom. The maximum atomic E-state index is 15.3. The first-order chi connectivity index (χ1) is 17.0. The molecule has 0 bridgehead atoms. The summed E-state index contributed by atoms with van der Waals surface area (Å²) in [7, 11) is 3.04. The number of ether oxygens (including phenoxy) is 1. The van der Waals surface area contributed by atoms with E-state index in [-0.39, 0.29) is 28.9 Å². The highest BCUT2D eigenvalue weighted by molar-refractivity contribution is 7.93. The van der Waals surface area contributed by atoms with Crippen molar-refractivity contribution in [2.45, 2.75) is 31.1 Å². The van der Waals surface area contributed by atoms with Crippen LogP contribution >= 0.6 is 0 Å². The average Bonchev–Trinajstić information content (AvgIpc) is 3.64. The van der Waals surface area contributed by atoms with Crippen LogP contribution < -0.4 is 15.1 Å². The second kappa shape index (κ2) is 9.86. The molecule has 1 saturated carbocycles. The summed E-state index contributed by atoms with van der Waals surface area (Å²) in [6, 6.07) is 6.12. The fourth-order valence-electron chi connectivity index (χ4n) is 3.69. The number of anilines is 1. The molecule has 0 atom stereocenters. The number of nitrogens with one attached hydrogen (secondary N) is 1. The SMILES string of the molecule is CN(C)Cc1c(Cc2ccnc(NS(=O)(=O)C3CC3)c2F)c(=O)oc2cc(OC(=O)N(C)C)ccc12. The van der Waals surface area contributed by atoms with Gasteiger partial charge in [0, 0.05) is 50.3 Å². The van der Waals surface area contributed by atoms with Crippen LogP contribution in [0.3, 0.4) is 0 Å². The number of fused-ring (bicyclic) bond motifs is 1. The minimum atomic E-state index is -3.71. The van der Waals surface area contributed by atoms with Crippen molar-refractivity contribution >= 4 is 32.9 Å². The van der Waals surface area contributed by atoms with Gasteiger partial charge in [-0.25, -0.2) is 27.4 Å². The fourth-order valence-corrected chi connectivity index (χ4v) is 5.03. The quantitative estimate of drug-likeness (QED) is 0.452. The van der Waals surface area contributed by atoms with Crippen molar-refractivity contribution in [3.63, 3.8) is 0 Å². The van der Waals surface area contributed by atoms with E-state index in [1.165, 1.54) is 23.2 Å². The molecule has 0 aliphatic heterocycles. The maximum absolute atomic E-state index is 15.3. The summed E-state index contributed by atoms with van der Waals surface area (Å²) in [6.45, 7) is 0.349. The molecule has 1 aromatic carbocycles. The van der Waals surface area contributed by atoms with Crippen LogP contribution in [0.2, 0.25) is 0 Å². The molecule has 1 amide bonds. The lowest BCUT2D eigenvalue weighted by atomic mass is 9.98. The van der Waals surface area contributed by atoms with Crippen molar-refractivity contribution in [2.24, 2.45) is 0 Å². The summed E-state index contributed by atoms with van der Waals surface area (Å²) in [5.41, 5.74) is 0.495. The highest BCUT2D eigenvalue weighted by Crippen LogP contribution is 2.31. The third-order valence-electron chi connectivity index (χ3n) is 5.67. The first-order valence-electron chi connectivity index (χ1n) is 11.2. The number of sulfonamides is 1. The third-order valence-corrected chi connectivity index (χ3v) is 7.50. The largest absolute Gasteiger partial charge is 0.422 e. The van der Waals surface area contributed by atoms with Crippen LogP contribution in [-0.2, 0) is 23.0 Å². The Morgan fingerprint density at radius 2 is 1.92 bits per heavy atom. The van der Waals surface area contributed by atoms with Crippen molar-refractivity contribution in [2.75, 3.05) is 32.9 Å². The lowest BCUT2D eigenvalue weighted by molar-refractivity contribution is 0.172. The van der Waals surface area contributed by atoms with Gasteiger partial charge in [0.25, 0.3) is 0 Å². The maximum Gasteiger partial charge on any atom is 0.414 e. The van der Waals surface area contributed by atoms with Gasteiger partial charge in [-0.3, -0.25) is 4.72 Å². The van der Waals surface area contributed by atoms with Crippen molar-refractivity contribution in [1.82, 2.24) is 14.8 Å². The topological polar surface area (TPSA) is 122 Å². The van der Waals surface area contributed by atoms with Crippen LogP contribution in [0.4, 0.5) is 15.0 Å². The van der Waals surface area contributed by atoms with Crippen LogP contribution in [0.15, 0.2) is 39.7 Å². The van der Waals surface area contributed by atoms with E-state index < -0.39 is 38.6 Å². The number of pyridine rings is 1. The van der Waals surface area contributed by atoms with Crippen molar-refractivity contribution in [3.8, 4) is 5.75 Å². The molecule has 2 heterocycles. The van der Waals surface area contributed by atoms with Crippen LogP contribution in [-0.4, -0.2) is 62.7 Å². The van der Waals surface area contributed by atoms with Gasteiger partial charge in [0.15, 0.2) is 11.6 Å². The van der Waals surface area contributed by atoms with E-state index in [9.17, 15) is 18.0 Å². The van der Waals surface area contributed by atoms with Gasteiger partial charge in [-0.15, -0.1) is 0 Å². The van der Waals surface area contributed by atoms with Gasteiger partial charge in [-0.1, -0.05) is 0 Å². The molecule has 1 aliphatic carbocycles. The number of nitrogens with zero attached hydrogens (tertiary/aromatic N) is 3. The number of rotatable bonds is 8. The molecule has 1 N–H and O–H groups in total. The van der Waals surface area contributed by atoms with Gasteiger partial charge in [-0.2, -0.15) is 0 Å². The number of amides is 1. The standard InChI is InChI=1S/C24H27FN4O6S/c1-28(2)13-19-17-8-5-15(34-24(31)29(3)4)12-20(17)35-23(30)18(19)11-14-9-10-26-22(21(14)25)27-36(32,33)16-6-7-16/h5,8-10,12,16H,6-7,11,13H2,1-4H3,(H,26,27). The summed E-state index contributed by atoms with van der Waals surface area (Å²) >= 11 is 0. The zero-order valence-corrected chi connectivity index (χ0v) is 21.2. The van der Waals surface area contributed by atoms with Crippen LogP contribution in [0.25, 0.3) is 11.0 Å². The molecule has 36 heavy (non-hydrogen) atoms. The molecular weight excluding hydrogens is 491 g/mol. The van der Waals surface area contributed by atoms with E-state index in [1.54, 1.807) is 26.2 Å². The average molecular weight is 519 g/mol. The van der Waals surface area contributed by atoms with Gasteiger partial charge in [0.2, 0.25) is 10.0 Å². The molecule has 10 nitrogen and oxygen atoms in total. The van der Waals surface area contributed by atoms with E-state index in [1.807, 2.05) is 19.0 Å². The second-order valence-electron chi connectivity index (χ2n) is 9.16. The Hall–Kier alpha value is -3.51. The number of hydrogen-bond acceptors (Lipinski definition) is 8. The first kappa shape index (κ1) is 25.6. The number of benzene rings is 1. The number of hydrogen-bond donors (Lipinski definition) is 1. The molecule has 12 heteroatoms. The minimum Gasteiger partial charge on any atom is -0.422 e. The zero-order chi connectivity index (χ0) is 26.2. The number of halogens is 1. The first-order valence-corrected chi connectivity index (χ1v) is 12.8. The summed E-state index contributed by atoms with van der Waals surface area (Å²) < 4.78 is 52.8. The number of aromatic nitrogens is 1. The Morgan fingerprint density at radius 3 is 2.56 bits per heavy atom. The highest BCUT2D eigenvalue weighted by Gasteiger charge is 2.36. The van der Waals surface area contributed by atoms with Crippen molar-refractivity contribution < 1.29 is 26.8 Å². The molecular formula is C24H27FN4O6S. The second-order valence-corrected chi connectivity index (χ2v) is 11.1. The molecule has 0 spiro atoms. The predicted molar refractivity (Wildman–Crippen MR) is 132 cm³/mol. The van der Waals surface area contributed by atoms with Crippen LogP contribution in [0.5, 0.6) is 5.75 Å². The Balaban J connectivity index is 1.74. The van der Waals surface area contributed by atoms with Crippen molar-refractivity contribution in [1.29, 1.82) is 0 Å². The summed E-state index contributed by atoms with van der Waals surface area (Å²) in [5.74, 6) is -1.03. The zero-order valence-electron chi connectivity index (χ0n) is 20.4. The van der Waals surface area contributed by atoms with Gasteiger partial charge >= 0.3 is 11.7 Å². The van der Waals surface area contributed by atoms with E-state index in [2.05, 4.69) is 9.71 Å². The molecule has 3 aromatic rings. The van der Waals surface area contributed by atoms with Crippen LogP contribution in [0.1, 0.15) is 29.5 Å². The van der Waals surface area contributed by atoms with E-state index in [0.717, 1.165) is 0 Å². The monoisotopic (exact) mass is 518 g/mol. The van der Waals surface area contributed by atoms with Gasteiger partial charge in [-0.05, 0) is 56.3 Å². The highest BCUT2D eigenvalue weighted by atomic mass is 32.2. The summed E-state index contributed by atoms with van der Waals surface area (Å²) in [6.07, 6.45) is 1.63. The number of carbonyl (C=O) groups excluding carboxylic acids is 1. The Labute approximate surface area is 207 Å². The molecule has 1 fully saturated rings. The lowest BCUT2D eigenvalue weighted by Crippen LogP contribution is -2.25. The van der Waals surface area contributed by atoms with E-state index in [4.69, 9.17) is 9.15 Å². The lowest BCUT2D eigenvalue weighted by Gasteiger charge is -2.17. The van der Waals surface area contributed by atoms with E-state index in [0.29, 0.717) is 30.3 Å². The molecule has 1 aliphatic rings. The number of carbonyl (C=O) groups is 1. The smallest absolute Gasteiger partial charge is 0.414 e. The Kier molecular flexibility index (Phi) is 7.01. The molecule has 0 radical (unpaired) electrons. The normalized spacial score (nSPS) is 13.7. The molecule has 4 rings (SSSR count). The molecule has 0 unspecified atom stereocenters. The molecule has 2 aromatic heterocycles. The summed E-state index contributed by atoms with van der Waals surface area (Å²) in [5, 5.41) is 0.0653. The predicted octanol–water partition coefficient (Wildman–Crippen LogP) is 2.94. The fraction of sp³-hybridized carbons (Fsp3) is 0.375. The Bertz CT molecular complexity index is 1480. The molecule has 0 saturated heterocycles. The van der Waals surface area contributed by atoms with Gasteiger partial charge in [0.05, 0.1) is 5.25 Å².